The zero-order valence-corrected chi connectivity index (χ0v) is 13.6. The molecule has 1 aliphatic heterocycles. The fourth-order valence-electron chi connectivity index (χ4n) is 3.86. The summed E-state index contributed by atoms with van der Waals surface area (Å²) < 4.78 is 0. The molecule has 1 heterocycles. The molecule has 2 nitrogen and oxygen atoms in total. The van der Waals surface area contributed by atoms with Gasteiger partial charge < -0.3 is 4.90 Å². The second kappa shape index (κ2) is 7.08. The molecule has 0 unspecified atom stereocenters. The topological polar surface area (TPSA) is 6.48 Å². The Kier molecular flexibility index (Phi) is 5.70. The van der Waals surface area contributed by atoms with Crippen molar-refractivity contribution in [2.24, 2.45) is 17.8 Å². The molecule has 2 heteroatoms. The Morgan fingerprint density at radius 2 is 1.42 bits per heavy atom. The molecule has 1 aliphatic carbocycles. The molecule has 0 aromatic heterocycles. The van der Waals surface area contributed by atoms with Crippen LogP contribution >= 0.6 is 0 Å². The van der Waals surface area contributed by atoms with Crippen molar-refractivity contribution in [3.05, 3.63) is 0 Å². The normalized spacial score (nSPS) is 31.3. The summed E-state index contributed by atoms with van der Waals surface area (Å²) in [5.74, 6) is 2.89. The van der Waals surface area contributed by atoms with Gasteiger partial charge in [-0.2, -0.15) is 0 Å². The Hall–Kier alpha value is -0.0800. The Bertz CT molecular complexity index is 220. The van der Waals surface area contributed by atoms with Crippen molar-refractivity contribution in [3.63, 3.8) is 0 Å². The van der Waals surface area contributed by atoms with Crippen molar-refractivity contribution in [1.82, 2.24) is 9.80 Å². The van der Waals surface area contributed by atoms with Gasteiger partial charge in [0, 0.05) is 38.8 Å². The van der Waals surface area contributed by atoms with E-state index in [1.54, 1.807) is 0 Å². The van der Waals surface area contributed by atoms with Crippen molar-refractivity contribution in [2.75, 3.05) is 32.7 Å². The van der Waals surface area contributed by atoms with E-state index in [0.29, 0.717) is 0 Å². The second-order valence-corrected chi connectivity index (χ2v) is 7.46. The van der Waals surface area contributed by atoms with Gasteiger partial charge in [0.05, 0.1) is 0 Å². The summed E-state index contributed by atoms with van der Waals surface area (Å²) in [6.45, 7) is 16.0. The molecule has 0 atom stereocenters. The minimum absolute atomic E-state index is 0.726. The zero-order valence-electron chi connectivity index (χ0n) is 13.6. The van der Waals surface area contributed by atoms with Gasteiger partial charge in [0.15, 0.2) is 0 Å². The lowest BCUT2D eigenvalue weighted by Crippen LogP contribution is -2.50. The number of hydrogen-bond donors (Lipinski definition) is 0. The minimum Gasteiger partial charge on any atom is -0.301 e. The summed E-state index contributed by atoms with van der Waals surface area (Å²) in [4.78, 5) is 5.34. The Balaban J connectivity index is 1.67. The second-order valence-electron chi connectivity index (χ2n) is 7.46. The summed E-state index contributed by atoms with van der Waals surface area (Å²) in [6, 6.07) is 0.726. The molecule has 0 aromatic carbocycles. The van der Waals surface area contributed by atoms with Crippen LogP contribution in [0.3, 0.4) is 0 Å². The first-order valence-electron chi connectivity index (χ1n) is 8.52. The highest BCUT2D eigenvalue weighted by atomic mass is 15.3. The number of rotatable bonds is 4. The van der Waals surface area contributed by atoms with Gasteiger partial charge in [0.1, 0.15) is 0 Å². The number of piperazine rings is 1. The van der Waals surface area contributed by atoms with Crippen molar-refractivity contribution >= 4 is 0 Å². The third-order valence-corrected chi connectivity index (χ3v) is 5.49. The molecule has 2 fully saturated rings. The molecule has 0 bridgehead atoms. The highest BCUT2D eigenvalue weighted by Gasteiger charge is 2.26. The van der Waals surface area contributed by atoms with Crippen molar-refractivity contribution in [3.8, 4) is 0 Å². The molecular formula is C17H34N2. The zero-order chi connectivity index (χ0) is 13.8. The van der Waals surface area contributed by atoms with E-state index in [0.717, 1.165) is 23.8 Å². The summed E-state index contributed by atoms with van der Waals surface area (Å²) in [5, 5.41) is 0. The highest BCUT2D eigenvalue weighted by molar-refractivity contribution is 4.80. The van der Waals surface area contributed by atoms with Gasteiger partial charge in [-0.1, -0.05) is 13.8 Å². The van der Waals surface area contributed by atoms with E-state index >= 15 is 0 Å². The largest absolute Gasteiger partial charge is 0.301 e. The summed E-state index contributed by atoms with van der Waals surface area (Å²) in [5.41, 5.74) is 0. The maximum Gasteiger partial charge on any atom is 0.0113 e. The lowest BCUT2D eigenvalue weighted by Gasteiger charge is -2.40. The van der Waals surface area contributed by atoms with E-state index in [4.69, 9.17) is 0 Å². The van der Waals surface area contributed by atoms with E-state index in [2.05, 4.69) is 37.5 Å². The SMILES string of the molecule is CC(C)C1CCC(CN2CCN(C(C)C)CC2)CC1. The van der Waals surface area contributed by atoms with E-state index in [1.807, 2.05) is 0 Å². The van der Waals surface area contributed by atoms with Crippen LogP contribution in [-0.4, -0.2) is 48.6 Å². The lowest BCUT2D eigenvalue weighted by molar-refractivity contribution is 0.0848. The number of nitrogens with zero attached hydrogens (tertiary/aromatic N) is 2. The minimum atomic E-state index is 0.726. The van der Waals surface area contributed by atoms with Crippen LogP contribution in [0, 0.1) is 17.8 Å². The predicted molar refractivity (Wildman–Crippen MR) is 83.4 cm³/mol. The van der Waals surface area contributed by atoms with E-state index in [9.17, 15) is 0 Å². The van der Waals surface area contributed by atoms with Crippen LogP contribution in [0.5, 0.6) is 0 Å². The van der Waals surface area contributed by atoms with Crippen LogP contribution in [0.1, 0.15) is 53.4 Å². The van der Waals surface area contributed by atoms with Crippen molar-refractivity contribution in [2.45, 2.75) is 59.4 Å². The molecular weight excluding hydrogens is 232 g/mol. The molecule has 1 saturated carbocycles. The van der Waals surface area contributed by atoms with E-state index in [-0.39, 0.29) is 0 Å². The quantitative estimate of drug-likeness (QED) is 0.769. The molecule has 0 radical (unpaired) electrons. The molecule has 0 amide bonds. The molecule has 0 aromatic rings. The highest BCUT2D eigenvalue weighted by Crippen LogP contribution is 2.33. The first-order chi connectivity index (χ1) is 9.06. The maximum absolute atomic E-state index is 2.72. The average Bonchev–Trinajstić information content (AvgIpc) is 2.40. The van der Waals surface area contributed by atoms with Crippen LogP contribution in [0.2, 0.25) is 0 Å². The summed E-state index contributed by atoms with van der Waals surface area (Å²) >= 11 is 0. The van der Waals surface area contributed by atoms with Crippen LogP contribution in [-0.2, 0) is 0 Å². The first kappa shape index (κ1) is 15.3. The van der Waals surface area contributed by atoms with Crippen molar-refractivity contribution < 1.29 is 0 Å². The van der Waals surface area contributed by atoms with Gasteiger partial charge in [0.2, 0.25) is 0 Å². The monoisotopic (exact) mass is 266 g/mol. The fourth-order valence-corrected chi connectivity index (χ4v) is 3.86. The average molecular weight is 266 g/mol. The van der Waals surface area contributed by atoms with Crippen LogP contribution in [0.15, 0.2) is 0 Å². The summed E-state index contributed by atoms with van der Waals surface area (Å²) in [7, 11) is 0. The molecule has 2 aliphatic rings. The van der Waals surface area contributed by atoms with Gasteiger partial charge in [0.25, 0.3) is 0 Å². The van der Waals surface area contributed by atoms with E-state index < -0.39 is 0 Å². The van der Waals surface area contributed by atoms with Crippen LogP contribution in [0.25, 0.3) is 0 Å². The number of hydrogen-bond acceptors (Lipinski definition) is 2. The van der Waals surface area contributed by atoms with Crippen LogP contribution < -0.4 is 0 Å². The van der Waals surface area contributed by atoms with Gasteiger partial charge >= 0.3 is 0 Å². The van der Waals surface area contributed by atoms with Gasteiger partial charge in [-0.3, -0.25) is 4.90 Å². The van der Waals surface area contributed by atoms with Gasteiger partial charge in [-0.15, -0.1) is 0 Å². The molecule has 2 rings (SSSR count). The van der Waals surface area contributed by atoms with E-state index in [1.165, 1.54) is 58.4 Å². The molecule has 112 valence electrons. The molecule has 1 saturated heterocycles. The smallest absolute Gasteiger partial charge is 0.0113 e. The fraction of sp³-hybridized carbons (Fsp3) is 1.00. The lowest BCUT2D eigenvalue weighted by atomic mass is 9.77. The Labute approximate surface area is 120 Å². The molecule has 0 N–H and O–H groups in total. The first-order valence-corrected chi connectivity index (χ1v) is 8.52. The maximum atomic E-state index is 2.72. The molecule has 19 heavy (non-hydrogen) atoms. The Morgan fingerprint density at radius 3 is 1.89 bits per heavy atom. The Morgan fingerprint density at radius 1 is 0.842 bits per heavy atom. The third kappa shape index (κ3) is 4.46. The third-order valence-electron chi connectivity index (χ3n) is 5.49. The predicted octanol–water partition coefficient (Wildman–Crippen LogP) is 3.47. The molecule has 0 spiro atoms. The van der Waals surface area contributed by atoms with Gasteiger partial charge in [-0.25, -0.2) is 0 Å². The summed E-state index contributed by atoms with van der Waals surface area (Å²) in [6.07, 6.45) is 5.92. The van der Waals surface area contributed by atoms with Crippen molar-refractivity contribution in [1.29, 1.82) is 0 Å². The van der Waals surface area contributed by atoms with Gasteiger partial charge in [-0.05, 0) is 57.3 Å². The standard InChI is InChI=1S/C17H34N2/c1-14(2)17-7-5-16(6-8-17)13-18-9-11-19(12-10-18)15(3)4/h14-17H,5-13H2,1-4H3. The van der Waals surface area contributed by atoms with Crippen LogP contribution in [0.4, 0.5) is 0 Å².